The summed E-state index contributed by atoms with van der Waals surface area (Å²) >= 11 is 7.22. The average Bonchev–Trinajstić information content (AvgIpc) is 2.07. The number of rotatable bonds is 3. The van der Waals surface area contributed by atoms with Crippen molar-refractivity contribution in [2.75, 3.05) is 5.75 Å². The van der Waals surface area contributed by atoms with Gasteiger partial charge in [-0.25, -0.2) is 4.39 Å². The minimum absolute atomic E-state index is 0.173. The lowest BCUT2D eigenvalue weighted by atomic mass is 10.3. The summed E-state index contributed by atoms with van der Waals surface area (Å²) in [5, 5.41) is 0.173. The van der Waals surface area contributed by atoms with Gasteiger partial charge >= 0.3 is 0 Å². The average molecular weight is 217 g/mol. The molecule has 0 aromatic heterocycles. The van der Waals surface area contributed by atoms with Gasteiger partial charge in [-0.2, -0.15) is 0 Å². The van der Waals surface area contributed by atoms with E-state index in [1.165, 1.54) is 6.07 Å². The maximum Gasteiger partial charge on any atom is 0.141 e. The Morgan fingerprint density at radius 2 is 2.31 bits per heavy atom. The topological polar surface area (TPSA) is 0 Å². The van der Waals surface area contributed by atoms with Gasteiger partial charge in [0.1, 0.15) is 5.82 Å². The minimum atomic E-state index is -0.374. The Balaban J connectivity index is 2.68. The van der Waals surface area contributed by atoms with Crippen LogP contribution >= 0.6 is 23.4 Å². The number of hydrogen-bond acceptors (Lipinski definition) is 1. The molecule has 0 saturated carbocycles. The molecule has 3 heteroatoms. The van der Waals surface area contributed by atoms with Crippen molar-refractivity contribution < 1.29 is 4.39 Å². The van der Waals surface area contributed by atoms with Gasteiger partial charge in [-0.1, -0.05) is 23.8 Å². The van der Waals surface area contributed by atoms with Gasteiger partial charge in [0, 0.05) is 10.6 Å². The first-order chi connectivity index (χ1) is 6.09. The van der Waals surface area contributed by atoms with E-state index >= 15 is 0 Å². The van der Waals surface area contributed by atoms with E-state index in [-0.39, 0.29) is 10.8 Å². The SMILES string of the molecule is C=C(C)CSc1ccc(F)c(Cl)c1. The van der Waals surface area contributed by atoms with Crippen LogP contribution in [0.25, 0.3) is 0 Å². The van der Waals surface area contributed by atoms with Gasteiger partial charge in [-0.05, 0) is 25.1 Å². The van der Waals surface area contributed by atoms with Gasteiger partial charge in [-0.3, -0.25) is 0 Å². The van der Waals surface area contributed by atoms with E-state index < -0.39 is 0 Å². The van der Waals surface area contributed by atoms with Gasteiger partial charge in [0.15, 0.2) is 0 Å². The summed E-state index contributed by atoms with van der Waals surface area (Å²) in [5.41, 5.74) is 1.09. The first kappa shape index (κ1) is 10.6. The largest absolute Gasteiger partial charge is 0.205 e. The molecular formula is C10H10ClFS. The fourth-order valence-corrected chi connectivity index (χ4v) is 1.80. The Morgan fingerprint density at radius 3 is 2.85 bits per heavy atom. The molecule has 0 radical (unpaired) electrons. The van der Waals surface area contributed by atoms with Crippen LogP contribution in [0.4, 0.5) is 4.39 Å². The van der Waals surface area contributed by atoms with Crippen molar-refractivity contribution in [3.8, 4) is 0 Å². The lowest BCUT2D eigenvalue weighted by molar-refractivity contribution is 0.627. The van der Waals surface area contributed by atoms with Crippen LogP contribution in [0.3, 0.4) is 0 Å². The molecule has 0 nitrogen and oxygen atoms in total. The summed E-state index contributed by atoms with van der Waals surface area (Å²) in [4.78, 5) is 0.967. The van der Waals surface area contributed by atoms with Crippen molar-refractivity contribution in [1.29, 1.82) is 0 Å². The normalized spacial score (nSPS) is 10.1. The van der Waals surface area contributed by atoms with Crippen LogP contribution in [0.5, 0.6) is 0 Å². The van der Waals surface area contributed by atoms with Crippen LogP contribution in [-0.4, -0.2) is 5.75 Å². The van der Waals surface area contributed by atoms with E-state index in [2.05, 4.69) is 6.58 Å². The first-order valence-electron chi connectivity index (χ1n) is 3.82. The molecule has 70 valence electrons. The van der Waals surface area contributed by atoms with E-state index in [1.807, 2.05) is 6.92 Å². The monoisotopic (exact) mass is 216 g/mol. The summed E-state index contributed by atoms with van der Waals surface area (Å²) < 4.78 is 12.7. The Hall–Kier alpha value is -0.470. The Kier molecular flexibility index (Phi) is 3.82. The molecule has 0 aliphatic rings. The molecule has 1 aromatic carbocycles. The van der Waals surface area contributed by atoms with Crippen LogP contribution in [-0.2, 0) is 0 Å². The van der Waals surface area contributed by atoms with Crippen molar-refractivity contribution >= 4 is 23.4 Å². The van der Waals surface area contributed by atoms with Crippen molar-refractivity contribution in [3.63, 3.8) is 0 Å². The minimum Gasteiger partial charge on any atom is -0.205 e. The zero-order valence-corrected chi connectivity index (χ0v) is 8.88. The number of halogens is 2. The molecule has 0 aliphatic heterocycles. The summed E-state index contributed by atoms with van der Waals surface area (Å²) in [6.45, 7) is 5.74. The predicted octanol–water partition coefficient (Wildman–Crippen LogP) is 4.15. The second kappa shape index (κ2) is 4.68. The Bertz CT molecular complexity index is 323. The molecule has 0 N–H and O–H groups in total. The lowest BCUT2D eigenvalue weighted by Gasteiger charge is -2.01. The molecule has 0 atom stereocenters. The summed E-state index contributed by atoms with van der Waals surface area (Å²) in [6, 6.07) is 4.72. The molecule has 0 unspecified atom stereocenters. The number of hydrogen-bond donors (Lipinski definition) is 0. The highest BCUT2D eigenvalue weighted by Crippen LogP contribution is 2.24. The van der Waals surface area contributed by atoms with E-state index in [9.17, 15) is 4.39 Å². The Morgan fingerprint density at radius 1 is 1.62 bits per heavy atom. The van der Waals surface area contributed by atoms with Gasteiger partial charge in [0.2, 0.25) is 0 Å². The number of benzene rings is 1. The molecule has 0 spiro atoms. The third kappa shape index (κ3) is 3.41. The molecule has 0 aliphatic carbocycles. The summed E-state index contributed by atoms with van der Waals surface area (Å²) in [5.74, 6) is 0.462. The maximum atomic E-state index is 12.7. The lowest BCUT2D eigenvalue weighted by Crippen LogP contribution is -1.81. The number of thioether (sulfide) groups is 1. The fourth-order valence-electron chi connectivity index (χ4n) is 0.773. The molecule has 13 heavy (non-hydrogen) atoms. The van der Waals surface area contributed by atoms with E-state index in [1.54, 1.807) is 23.9 Å². The molecule has 1 aromatic rings. The zero-order chi connectivity index (χ0) is 9.84. The van der Waals surface area contributed by atoms with Crippen molar-refractivity contribution in [3.05, 3.63) is 41.2 Å². The Labute approximate surface area is 86.8 Å². The van der Waals surface area contributed by atoms with Crippen molar-refractivity contribution in [1.82, 2.24) is 0 Å². The fraction of sp³-hybridized carbons (Fsp3) is 0.200. The molecule has 1 rings (SSSR count). The summed E-state index contributed by atoms with van der Waals surface area (Å²) in [6.07, 6.45) is 0. The maximum absolute atomic E-state index is 12.7. The molecule has 0 fully saturated rings. The second-order valence-corrected chi connectivity index (χ2v) is 4.28. The highest BCUT2D eigenvalue weighted by atomic mass is 35.5. The first-order valence-corrected chi connectivity index (χ1v) is 5.18. The van der Waals surface area contributed by atoms with Crippen LogP contribution < -0.4 is 0 Å². The third-order valence-electron chi connectivity index (χ3n) is 1.38. The standard InChI is InChI=1S/C10H10ClFS/c1-7(2)6-13-8-3-4-10(12)9(11)5-8/h3-5H,1,6H2,2H3. The molecule has 0 amide bonds. The van der Waals surface area contributed by atoms with E-state index in [0.29, 0.717) is 0 Å². The van der Waals surface area contributed by atoms with Crippen LogP contribution in [0, 0.1) is 5.82 Å². The molecule has 0 heterocycles. The van der Waals surface area contributed by atoms with Crippen molar-refractivity contribution in [2.24, 2.45) is 0 Å². The zero-order valence-electron chi connectivity index (χ0n) is 7.31. The second-order valence-electron chi connectivity index (χ2n) is 2.82. The highest BCUT2D eigenvalue weighted by molar-refractivity contribution is 7.99. The molecular weight excluding hydrogens is 207 g/mol. The van der Waals surface area contributed by atoms with Gasteiger partial charge in [-0.15, -0.1) is 11.8 Å². The van der Waals surface area contributed by atoms with Crippen LogP contribution in [0.2, 0.25) is 5.02 Å². The quantitative estimate of drug-likeness (QED) is 0.541. The van der Waals surface area contributed by atoms with Crippen LogP contribution in [0.1, 0.15) is 6.92 Å². The van der Waals surface area contributed by atoms with Crippen LogP contribution in [0.15, 0.2) is 35.2 Å². The molecule has 0 bridgehead atoms. The summed E-state index contributed by atoms with van der Waals surface area (Å²) in [7, 11) is 0. The van der Waals surface area contributed by atoms with Crippen molar-refractivity contribution in [2.45, 2.75) is 11.8 Å². The van der Waals surface area contributed by atoms with Gasteiger partial charge in [0.05, 0.1) is 5.02 Å². The van der Waals surface area contributed by atoms with E-state index in [4.69, 9.17) is 11.6 Å². The van der Waals surface area contributed by atoms with Gasteiger partial charge in [0.25, 0.3) is 0 Å². The predicted molar refractivity (Wildman–Crippen MR) is 56.9 cm³/mol. The smallest absolute Gasteiger partial charge is 0.141 e. The third-order valence-corrected chi connectivity index (χ3v) is 2.89. The highest BCUT2D eigenvalue weighted by Gasteiger charge is 2.00. The van der Waals surface area contributed by atoms with Gasteiger partial charge < -0.3 is 0 Å². The molecule has 0 saturated heterocycles. The van der Waals surface area contributed by atoms with E-state index in [0.717, 1.165) is 16.2 Å².